The van der Waals surface area contributed by atoms with Crippen LogP contribution in [0.4, 0.5) is 10.1 Å². The van der Waals surface area contributed by atoms with Gasteiger partial charge in [-0.15, -0.1) is 0 Å². The zero-order valence-corrected chi connectivity index (χ0v) is 27.8. The van der Waals surface area contributed by atoms with E-state index in [0.29, 0.717) is 22.9 Å². The van der Waals surface area contributed by atoms with E-state index in [4.69, 9.17) is 0 Å². The van der Waals surface area contributed by atoms with Crippen molar-refractivity contribution in [3.8, 4) is 17.2 Å². The van der Waals surface area contributed by atoms with Gasteiger partial charge in [0, 0.05) is 37.5 Å². The number of aryl methyl sites for hydroxylation is 1. The van der Waals surface area contributed by atoms with Crippen LogP contribution < -0.4 is 10.6 Å². The van der Waals surface area contributed by atoms with E-state index in [-0.39, 0.29) is 36.8 Å². The second-order valence-corrected chi connectivity index (χ2v) is 13.8. The Balaban J connectivity index is 1.20. The number of likely N-dealkylation sites (N-methyl/N-ethyl adjacent to an activating group) is 1. The van der Waals surface area contributed by atoms with Gasteiger partial charge in [-0.3, -0.25) is 23.9 Å². The average molecular weight is 654 g/mol. The molecule has 3 aromatic rings. The van der Waals surface area contributed by atoms with E-state index in [1.165, 1.54) is 35.9 Å². The maximum absolute atomic E-state index is 15.1. The lowest BCUT2D eigenvalue weighted by Crippen LogP contribution is -2.55. The molecular formula is C36H40FN7O4. The molecule has 3 aliphatic rings. The number of para-hydroxylation sites is 1. The summed E-state index contributed by atoms with van der Waals surface area (Å²) in [5, 5.41) is 20.0. The Morgan fingerprint density at radius 2 is 1.94 bits per heavy atom. The zero-order chi connectivity index (χ0) is 34.5. The SMILES string of the molecule is Cc1cc(F)c(C(=O)N[C@@H](C)C(=O)N(C)[C@@H](CC(C)C)C(=O)N2C[C@]3(C[C@H]2C#N)C(=O)Nc2ccccc23)cc1-c1cnn(C2CC2)c1. The third kappa shape index (κ3) is 5.82. The van der Waals surface area contributed by atoms with Crippen LogP contribution in [0.2, 0.25) is 0 Å². The Hall–Kier alpha value is -5.05. The van der Waals surface area contributed by atoms with Crippen molar-refractivity contribution in [2.45, 2.75) is 83.0 Å². The maximum Gasteiger partial charge on any atom is 0.254 e. The van der Waals surface area contributed by atoms with Gasteiger partial charge in [0.25, 0.3) is 5.91 Å². The topological polar surface area (TPSA) is 140 Å². The van der Waals surface area contributed by atoms with E-state index in [0.717, 1.165) is 24.0 Å². The molecule has 1 spiro atoms. The molecule has 2 fully saturated rings. The number of halogens is 1. The second-order valence-electron chi connectivity index (χ2n) is 13.8. The molecule has 6 rings (SSSR count). The zero-order valence-electron chi connectivity index (χ0n) is 27.8. The molecule has 3 heterocycles. The van der Waals surface area contributed by atoms with Crippen molar-refractivity contribution in [3.63, 3.8) is 0 Å². The first-order chi connectivity index (χ1) is 22.8. The van der Waals surface area contributed by atoms with Gasteiger partial charge in [-0.25, -0.2) is 4.39 Å². The second kappa shape index (κ2) is 12.5. The molecule has 250 valence electrons. The van der Waals surface area contributed by atoms with Gasteiger partial charge in [0.1, 0.15) is 23.9 Å². The molecule has 1 aliphatic carbocycles. The fourth-order valence-corrected chi connectivity index (χ4v) is 7.02. The van der Waals surface area contributed by atoms with Crippen LogP contribution in [0.1, 0.15) is 74.0 Å². The molecule has 1 aromatic heterocycles. The highest BCUT2D eigenvalue weighted by Crippen LogP contribution is 2.46. The minimum absolute atomic E-state index is 0.00366. The lowest BCUT2D eigenvalue weighted by molar-refractivity contribution is -0.146. The summed E-state index contributed by atoms with van der Waals surface area (Å²) in [6.07, 6.45) is 6.14. The van der Waals surface area contributed by atoms with Gasteiger partial charge in [-0.1, -0.05) is 32.0 Å². The number of rotatable bonds is 9. The number of likely N-dealkylation sites (tertiary alicyclic amines) is 1. The summed E-state index contributed by atoms with van der Waals surface area (Å²) >= 11 is 0. The highest BCUT2D eigenvalue weighted by molar-refractivity contribution is 6.07. The van der Waals surface area contributed by atoms with Crippen molar-refractivity contribution >= 4 is 29.3 Å². The first kappa shape index (κ1) is 32.9. The molecule has 2 N–H and O–H groups in total. The van der Waals surface area contributed by atoms with Gasteiger partial charge in [0.15, 0.2) is 0 Å². The van der Waals surface area contributed by atoms with Crippen LogP contribution in [0.15, 0.2) is 48.8 Å². The van der Waals surface area contributed by atoms with E-state index in [1.807, 2.05) is 42.9 Å². The normalized spacial score (nSPS) is 21.1. The van der Waals surface area contributed by atoms with Crippen LogP contribution >= 0.6 is 0 Å². The molecular weight excluding hydrogens is 613 g/mol. The number of hydrogen-bond acceptors (Lipinski definition) is 6. The number of hydrogen-bond donors (Lipinski definition) is 2. The molecule has 1 saturated carbocycles. The van der Waals surface area contributed by atoms with Crippen molar-refractivity contribution in [1.29, 1.82) is 5.26 Å². The molecule has 0 bridgehead atoms. The molecule has 2 aromatic carbocycles. The van der Waals surface area contributed by atoms with Crippen molar-refractivity contribution in [2.75, 3.05) is 18.9 Å². The van der Waals surface area contributed by atoms with Gasteiger partial charge < -0.3 is 20.4 Å². The molecule has 4 amide bonds. The summed E-state index contributed by atoms with van der Waals surface area (Å²) in [4.78, 5) is 57.3. The first-order valence-corrected chi connectivity index (χ1v) is 16.4. The predicted octanol–water partition coefficient (Wildman–Crippen LogP) is 4.34. The fraction of sp³-hybridized carbons (Fsp3) is 0.444. The lowest BCUT2D eigenvalue weighted by Gasteiger charge is -2.34. The molecule has 0 radical (unpaired) electrons. The Kier molecular flexibility index (Phi) is 8.58. The van der Waals surface area contributed by atoms with Crippen molar-refractivity contribution in [3.05, 3.63) is 71.3 Å². The van der Waals surface area contributed by atoms with Crippen LogP contribution in [-0.2, 0) is 19.8 Å². The molecule has 48 heavy (non-hydrogen) atoms. The molecule has 0 unspecified atom stereocenters. The summed E-state index contributed by atoms with van der Waals surface area (Å²) in [6.45, 7) is 7.10. The van der Waals surface area contributed by atoms with Crippen molar-refractivity contribution in [1.82, 2.24) is 24.9 Å². The van der Waals surface area contributed by atoms with Crippen LogP contribution in [0.3, 0.4) is 0 Å². The molecule has 11 nitrogen and oxygen atoms in total. The molecule has 4 atom stereocenters. The number of carbonyl (C=O) groups is 4. The molecule has 2 aliphatic heterocycles. The monoisotopic (exact) mass is 653 g/mol. The number of aromatic nitrogens is 2. The van der Waals surface area contributed by atoms with Crippen LogP contribution in [0.25, 0.3) is 11.1 Å². The number of nitrogens with one attached hydrogen (secondary N) is 2. The predicted molar refractivity (Wildman–Crippen MR) is 176 cm³/mol. The number of anilines is 1. The number of nitrogens with zero attached hydrogens (tertiary/aromatic N) is 5. The third-order valence-electron chi connectivity index (χ3n) is 9.82. The number of fused-ring (bicyclic) bond motifs is 2. The van der Waals surface area contributed by atoms with Gasteiger partial charge >= 0.3 is 0 Å². The number of amides is 4. The minimum Gasteiger partial charge on any atom is -0.340 e. The lowest BCUT2D eigenvalue weighted by atomic mass is 9.80. The largest absolute Gasteiger partial charge is 0.340 e. The summed E-state index contributed by atoms with van der Waals surface area (Å²) in [5.74, 6) is -2.74. The molecule has 12 heteroatoms. The summed E-state index contributed by atoms with van der Waals surface area (Å²) in [7, 11) is 1.49. The van der Waals surface area contributed by atoms with E-state index < -0.39 is 47.1 Å². The summed E-state index contributed by atoms with van der Waals surface area (Å²) in [6, 6.07) is 9.67. The summed E-state index contributed by atoms with van der Waals surface area (Å²) in [5.41, 5.74) is 2.22. The van der Waals surface area contributed by atoms with Crippen molar-refractivity contribution < 1.29 is 23.6 Å². The van der Waals surface area contributed by atoms with Gasteiger partial charge in [-0.2, -0.15) is 10.4 Å². The van der Waals surface area contributed by atoms with E-state index in [2.05, 4.69) is 21.8 Å². The van der Waals surface area contributed by atoms with Crippen LogP contribution in [0.5, 0.6) is 0 Å². The highest BCUT2D eigenvalue weighted by atomic mass is 19.1. The van der Waals surface area contributed by atoms with Crippen LogP contribution in [-0.4, -0.2) is 74.9 Å². The third-order valence-corrected chi connectivity index (χ3v) is 9.82. The van der Waals surface area contributed by atoms with Crippen LogP contribution in [0, 0.1) is 30.0 Å². The highest BCUT2D eigenvalue weighted by Gasteiger charge is 2.56. The average Bonchev–Trinajstić information content (AvgIpc) is 3.54. The first-order valence-electron chi connectivity index (χ1n) is 16.4. The Labute approximate surface area is 279 Å². The van der Waals surface area contributed by atoms with Gasteiger partial charge in [0.05, 0.1) is 29.3 Å². The maximum atomic E-state index is 15.1. The van der Waals surface area contributed by atoms with Crippen molar-refractivity contribution in [2.24, 2.45) is 5.92 Å². The Morgan fingerprint density at radius 3 is 2.62 bits per heavy atom. The standard InChI is InChI=1S/C36H40FN7O4/c1-20(2)12-31(34(47)43-19-36(15-25(43)16-38)28-8-6-7-9-30(28)41-35(36)48)42(5)33(46)22(4)40-32(45)27-14-26(21(3)13-29(27)37)23-17-39-44(18-23)24-10-11-24/h6-9,13-14,17-18,20,22,24-25,31H,10-12,15,19H2,1-5H3,(H,40,45)(H,41,48)/t22-,25-,31-,36-/m0/s1. The summed E-state index contributed by atoms with van der Waals surface area (Å²) < 4.78 is 17.0. The fourth-order valence-electron chi connectivity index (χ4n) is 7.02. The Morgan fingerprint density at radius 1 is 1.21 bits per heavy atom. The number of benzene rings is 2. The quantitative estimate of drug-likeness (QED) is 0.352. The van der Waals surface area contributed by atoms with E-state index >= 15 is 4.39 Å². The Bertz CT molecular complexity index is 1840. The number of carbonyl (C=O) groups excluding carboxylic acids is 4. The van der Waals surface area contributed by atoms with Gasteiger partial charge in [0.2, 0.25) is 17.7 Å². The smallest absolute Gasteiger partial charge is 0.254 e. The minimum atomic E-state index is -1.10. The van der Waals surface area contributed by atoms with E-state index in [9.17, 15) is 24.4 Å². The molecule has 1 saturated heterocycles. The van der Waals surface area contributed by atoms with E-state index in [1.54, 1.807) is 19.2 Å². The number of nitriles is 1. The van der Waals surface area contributed by atoms with Gasteiger partial charge in [-0.05, 0) is 73.9 Å².